The van der Waals surface area contributed by atoms with Gasteiger partial charge in [0, 0.05) is 12.6 Å². The van der Waals surface area contributed by atoms with Crippen LogP contribution in [0.3, 0.4) is 0 Å². The van der Waals surface area contributed by atoms with Gasteiger partial charge in [0.1, 0.15) is 17.2 Å². The molecule has 1 atom stereocenters. The van der Waals surface area contributed by atoms with Gasteiger partial charge in [0.25, 0.3) is 0 Å². The number of carbonyl (C=O) groups excluding carboxylic acids is 2. The molecule has 1 fully saturated rings. The fourth-order valence-electron chi connectivity index (χ4n) is 2.43. The zero-order valence-corrected chi connectivity index (χ0v) is 12.1. The fourth-order valence-corrected chi connectivity index (χ4v) is 2.43. The number of rotatable bonds is 4. The van der Waals surface area contributed by atoms with E-state index in [0.29, 0.717) is 18.4 Å². The summed E-state index contributed by atoms with van der Waals surface area (Å²) in [5, 5.41) is 2.69. The molecule has 114 valence electrons. The highest BCUT2D eigenvalue weighted by Gasteiger charge is 2.41. The highest BCUT2D eigenvalue weighted by Crippen LogP contribution is 2.18. The Bertz CT molecular complexity index is 557. The quantitative estimate of drug-likeness (QED) is 0.918. The molecule has 6 heteroatoms. The van der Waals surface area contributed by atoms with Crippen LogP contribution in [0.2, 0.25) is 0 Å². The maximum Gasteiger partial charge on any atom is 0.248 e. The van der Waals surface area contributed by atoms with Crippen molar-refractivity contribution in [3.05, 3.63) is 35.4 Å². The van der Waals surface area contributed by atoms with Gasteiger partial charge in [0.15, 0.2) is 0 Å². The summed E-state index contributed by atoms with van der Waals surface area (Å²) in [6.45, 7) is 3.74. The topological polar surface area (TPSA) is 49.4 Å². The molecule has 0 aliphatic carbocycles. The second-order valence-electron chi connectivity index (χ2n) is 5.49. The number of carbonyl (C=O) groups is 2. The third kappa shape index (κ3) is 3.37. The lowest BCUT2D eigenvalue weighted by molar-refractivity contribution is -0.149. The maximum atomic E-state index is 13.1. The van der Waals surface area contributed by atoms with Crippen molar-refractivity contribution in [3.63, 3.8) is 0 Å². The first kappa shape index (κ1) is 15.4. The second kappa shape index (κ2) is 5.79. The number of hydrogen-bond donors (Lipinski definition) is 1. The Morgan fingerprint density at radius 3 is 2.43 bits per heavy atom. The van der Waals surface area contributed by atoms with Crippen LogP contribution in [-0.2, 0) is 16.0 Å². The van der Waals surface area contributed by atoms with Crippen LogP contribution >= 0.6 is 0 Å². The van der Waals surface area contributed by atoms with Gasteiger partial charge in [-0.2, -0.15) is 0 Å². The molecule has 1 saturated heterocycles. The molecule has 1 aromatic rings. The Morgan fingerprint density at radius 1 is 1.24 bits per heavy atom. The van der Waals surface area contributed by atoms with Gasteiger partial charge in [-0.1, -0.05) is 6.92 Å². The van der Waals surface area contributed by atoms with Gasteiger partial charge in [-0.25, -0.2) is 8.78 Å². The molecular formula is C15H18F2N2O2. The molecule has 1 aliphatic rings. The molecule has 2 rings (SSSR count). The largest absolute Gasteiger partial charge is 0.340 e. The van der Waals surface area contributed by atoms with Gasteiger partial charge in [-0.15, -0.1) is 0 Å². The van der Waals surface area contributed by atoms with E-state index in [1.165, 1.54) is 17.0 Å². The van der Waals surface area contributed by atoms with Gasteiger partial charge < -0.3 is 10.2 Å². The molecule has 0 spiro atoms. The molecule has 1 heterocycles. The first-order chi connectivity index (χ1) is 9.84. The van der Waals surface area contributed by atoms with Crippen LogP contribution < -0.4 is 5.32 Å². The smallest absolute Gasteiger partial charge is 0.248 e. The van der Waals surface area contributed by atoms with E-state index < -0.39 is 17.2 Å². The predicted octanol–water partition coefficient (Wildman–Crippen LogP) is 1.63. The van der Waals surface area contributed by atoms with Crippen LogP contribution in [0, 0.1) is 11.6 Å². The Morgan fingerprint density at radius 2 is 1.86 bits per heavy atom. The van der Waals surface area contributed by atoms with Crippen molar-refractivity contribution >= 4 is 11.8 Å². The lowest BCUT2D eigenvalue weighted by atomic mass is 9.94. The van der Waals surface area contributed by atoms with Gasteiger partial charge in [0.2, 0.25) is 11.8 Å². The summed E-state index contributed by atoms with van der Waals surface area (Å²) in [6.07, 6.45) is 0.788. The average molecular weight is 296 g/mol. The third-order valence-electron chi connectivity index (χ3n) is 3.81. The first-order valence-electron chi connectivity index (χ1n) is 6.89. The average Bonchev–Trinajstić information content (AvgIpc) is 2.40. The molecular weight excluding hydrogens is 278 g/mol. The van der Waals surface area contributed by atoms with E-state index in [1.54, 1.807) is 6.92 Å². The van der Waals surface area contributed by atoms with Crippen LogP contribution in [0.5, 0.6) is 0 Å². The minimum atomic E-state index is -0.900. The molecule has 0 saturated carbocycles. The second-order valence-corrected chi connectivity index (χ2v) is 5.49. The summed E-state index contributed by atoms with van der Waals surface area (Å²) in [4.78, 5) is 25.5. The molecule has 4 nitrogen and oxygen atoms in total. The van der Waals surface area contributed by atoms with Crippen molar-refractivity contribution in [3.8, 4) is 0 Å². The molecule has 2 amide bonds. The van der Waals surface area contributed by atoms with Crippen LogP contribution in [0.25, 0.3) is 0 Å². The lowest BCUT2D eigenvalue weighted by Crippen LogP contribution is -2.65. The third-order valence-corrected chi connectivity index (χ3v) is 3.81. The zero-order valence-electron chi connectivity index (χ0n) is 12.1. The fraction of sp³-hybridized carbons (Fsp3) is 0.467. The SMILES string of the molecule is CCC1(C)NC(=O)CN(CCc2cc(F)cc(F)c2)C1=O. The number of nitrogens with one attached hydrogen (secondary N) is 1. The van der Waals surface area contributed by atoms with Crippen LogP contribution in [0.1, 0.15) is 25.8 Å². The van der Waals surface area contributed by atoms with E-state index in [1.807, 2.05) is 6.92 Å². The van der Waals surface area contributed by atoms with Crippen molar-refractivity contribution < 1.29 is 18.4 Å². The Hall–Kier alpha value is -1.98. The number of hydrogen-bond acceptors (Lipinski definition) is 2. The Kier molecular flexibility index (Phi) is 4.25. The predicted molar refractivity (Wildman–Crippen MR) is 73.5 cm³/mol. The lowest BCUT2D eigenvalue weighted by Gasteiger charge is -2.39. The van der Waals surface area contributed by atoms with Crippen molar-refractivity contribution in [1.29, 1.82) is 0 Å². The van der Waals surface area contributed by atoms with Gasteiger partial charge >= 0.3 is 0 Å². The summed E-state index contributed by atoms with van der Waals surface area (Å²) < 4.78 is 26.3. The van der Waals surface area contributed by atoms with Crippen molar-refractivity contribution in [2.45, 2.75) is 32.2 Å². The van der Waals surface area contributed by atoms with Crippen molar-refractivity contribution in [2.75, 3.05) is 13.1 Å². The maximum absolute atomic E-state index is 13.1. The van der Waals surface area contributed by atoms with Crippen LogP contribution in [0.4, 0.5) is 8.78 Å². The van der Waals surface area contributed by atoms with E-state index >= 15 is 0 Å². The number of halogens is 2. The number of nitrogens with zero attached hydrogens (tertiary/aromatic N) is 1. The molecule has 1 aromatic carbocycles. The molecule has 1 unspecified atom stereocenters. The standard InChI is InChI=1S/C15H18F2N2O2/c1-3-15(2)14(21)19(9-13(20)18-15)5-4-10-6-11(16)8-12(17)7-10/h6-8H,3-5,9H2,1-2H3,(H,18,20). The summed E-state index contributed by atoms with van der Waals surface area (Å²) in [5.74, 6) is -1.68. The summed E-state index contributed by atoms with van der Waals surface area (Å²) in [7, 11) is 0. The highest BCUT2D eigenvalue weighted by molar-refractivity contribution is 5.97. The van der Waals surface area contributed by atoms with Crippen LogP contribution in [-0.4, -0.2) is 35.3 Å². The van der Waals surface area contributed by atoms with E-state index in [4.69, 9.17) is 0 Å². The number of benzene rings is 1. The van der Waals surface area contributed by atoms with Gasteiger partial charge in [-0.05, 0) is 37.5 Å². The minimum absolute atomic E-state index is 0.0216. The molecule has 0 radical (unpaired) electrons. The molecule has 0 aromatic heterocycles. The monoisotopic (exact) mass is 296 g/mol. The van der Waals surface area contributed by atoms with Gasteiger partial charge in [-0.3, -0.25) is 9.59 Å². The van der Waals surface area contributed by atoms with E-state index in [9.17, 15) is 18.4 Å². The minimum Gasteiger partial charge on any atom is -0.340 e. The summed E-state index contributed by atoms with van der Waals surface area (Å²) in [6, 6.07) is 3.27. The number of amides is 2. The molecule has 0 bridgehead atoms. The van der Waals surface area contributed by atoms with E-state index in [2.05, 4.69) is 5.32 Å². The Labute approximate surface area is 122 Å². The molecule has 21 heavy (non-hydrogen) atoms. The summed E-state index contributed by atoms with van der Waals surface area (Å²) >= 11 is 0. The molecule has 1 N–H and O–H groups in total. The van der Waals surface area contributed by atoms with E-state index in [-0.39, 0.29) is 24.9 Å². The molecule has 1 aliphatic heterocycles. The van der Waals surface area contributed by atoms with Crippen molar-refractivity contribution in [1.82, 2.24) is 10.2 Å². The van der Waals surface area contributed by atoms with E-state index in [0.717, 1.165) is 6.07 Å². The van der Waals surface area contributed by atoms with Gasteiger partial charge in [0.05, 0.1) is 6.54 Å². The normalized spacial score (nSPS) is 22.4. The number of piperazine rings is 1. The van der Waals surface area contributed by atoms with Crippen LogP contribution in [0.15, 0.2) is 18.2 Å². The zero-order chi connectivity index (χ0) is 15.6. The summed E-state index contributed by atoms with van der Waals surface area (Å²) in [5.41, 5.74) is -0.438. The van der Waals surface area contributed by atoms with Crippen molar-refractivity contribution in [2.24, 2.45) is 0 Å². The Balaban J connectivity index is 2.08. The highest BCUT2D eigenvalue weighted by atomic mass is 19.1. The first-order valence-corrected chi connectivity index (χ1v) is 6.89.